The van der Waals surface area contributed by atoms with Crippen molar-refractivity contribution in [1.82, 2.24) is 0 Å². The Bertz CT molecular complexity index is 723. The zero-order valence-corrected chi connectivity index (χ0v) is 11.7. The van der Waals surface area contributed by atoms with Crippen LogP contribution in [0, 0.1) is 0 Å². The number of anilines is 1. The maximum absolute atomic E-state index is 5.92. The van der Waals surface area contributed by atoms with E-state index in [0.29, 0.717) is 11.6 Å². The van der Waals surface area contributed by atoms with Crippen molar-refractivity contribution in [3.05, 3.63) is 58.4 Å². The molecule has 3 rings (SSSR count). The highest BCUT2D eigenvalue weighted by atomic mass is 35.5. The molecule has 1 heterocycles. The minimum absolute atomic E-state index is 0.541. The summed E-state index contributed by atoms with van der Waals surface area (Å²) >= 11 is 7.63. The van der Waals surface area contributed by atoms with E-state index in [4.69, 9.17) is 22.1 Å². The van der Waals surface area contributed by atoms with Gasteiger partial charge in [0, 0.05) is 20.3 Å². The summed E-state index contributed by atoms with van der Waals surface area (Å²) in [6.45, 7) is 0.541. The molecule has 0 aliphatic carbocycles. The summed E-state index contributed by atoms with van der Waals surface area (Å²) in [4.78, 5) is 1.17. The van der Waals surface area contributed by atoms with E-state index in [1.54, 1.807) is 11.3 Å². The Balaban J connectivity index is 1.78. The quantitative estimate of drug-likeness (QED) is 0.708. The third kappa shape index (κ3) is 2.83. The van der Waals surface area contributed by atoms with Crippen LogP contribution in [0.5, 0.6) is 5.75 Å². The molecule has 2 nitrogen and oxygen atoms in total. The number of halogens is 1. The molecule has 0 aliphatic heterocycles. The first kappa shape index (κ1) is 12.3. The van der Waals surface area contributed by atoms with Crippen molar-refractivity contribution in [3.8, 4) is 5.75 Å². The van der Waals surface area contributed by atoms with Gasteiger partial charge in [0.15, 0.2) is 0 Å². The van der Waals surface area contributed by atoms with E-state index in [9.17, 15) is 0 Å². The largest absolute Gasteiger partial charge is 0.488 e. The van der Waals surface area contributed by atoms with Gasteiger partial charge in [-0.05, 0) is 47.9 Å². The lowest BCUT2D eigenvalue weighted by Gasteiger charge is -2.04. The molecule has 4 heteroatoms. The second-order valence-corrected chi connectivity index (χ2v) is 5.86. The van der Waals surface area contributed by atoms with E-state index in [1.165, 1.54) is 9.58 Å². The number of hydrogen-bond donors (Lipinski definition) is 1. The number of benzene rings is 2. The van der Waals surface area contributed by atoms with Crippen molar-refractivity contribution < 1.29 is 4.74 Å². The van der Waals surface area contributed by atoms with Gasteiger partial charge in [-0.2, -0.15) is 0 Å². The predicted molar refractivity (Wildman–Crippen MR) is 82.0 cm³/mol. The van der Waals surface area contributed by atoms with Crippen LogP contribution in [0.25, 0.3) is 10.1 Å². The number of rotatable bonds is 3. The van der Waals surface area contributed by atoms with Crippen molar-refractivity contribution in [3.63, 3.8) is 0 Å². The zero-order chi connectivity index (χ0) is 13.2. The van der Waals surface area contributed by atoms with Crippen molar-refractivity contribution in [2.45, 2.75) is 6.61 Å². The molecular weight excluding hydrogens is 278 g/mol. The third-order valence-electron chi connectivity index (χ3n) is 2.77. The highest BCUT2D eigenvalue weighted by Crippen LogP contribution is 2.28. The molecular formula is C15H12ClNOS. The van der Waals surface area contributed by atoms with E-state index < -0.39 is 0 Å². The fourth-order valence-corrected chi connectivity index (χ4v) is 3.04. The molecule has 0 unspecified atom stereocenters. The Morgan fingerprint density at radius 1 is 1.11 bits per heavy atom. The monoisotopic (exact) mass is 289 g/mol. The second-order valence-electron chi connectivity index (χ2n) is 4.26. The predicted octanol–water partition coefficient (Wildman–Crippen LogP) is 4.72. The Hall–Kier alpha value is -1.71. The Labute approximate surface area is 120 Å². The lowest BCUT2D eigenvalue weighted by molar-refractivity contribution is 0.310. The Morgan fingerprint density at radius 2 is 2.00 bits per heavy atom. The fraction of sp³-hybridized carbons (Fsp3) is 0.0667. The normalized spacial score (nSPS) is 10.8. The number of hydrogen-bond acceptors (Lipinski definition) is 3. The molecule has 2 N–H and O–H groups in total. The maximum Gasteiger partial charge on any atom is 0.122 e. The van der Waals surface area contributed by atoms with Crippen LogP contribution in [0.1, 0.15) is 4.88 Å². The molecule has 0 fully saturated rings. The van der Waals surface area contributed by atoms with Crippen LogP contribution in [-0.2, 0) is 6.61 Å². The molecule has 0 spiro atoms. The molecule has 19 heavy (non-hydrogen) atoms. The van der Waals surface area contributed by atoms with Gasteiger partial charge < -0.3 is 10.5 Å². The average Bonchev–Trinajstić information content (AvgIpc) is 2.78. The summed E-state index contributed by atoms with van der Waals surface area (Å²) in [6.07, 6.45) is 0. The number of thiophene rings is 1. The summed E-state index contributed by atoms with van der Waals surface area (Å²) < 4.78 is 6.95. The van der Waals surface area contributed by atoms with E-state index in [2.05, 4.69) is 6.07 Å². The van der Waals surface area contributed by atoms with Gasteiger partial charge in [0.05, 0.1) is 0 Å². The molecule has 0 radical (unpaired) electrons. The van der Waals surface area contributed by atoms with Crippen LogP contribution in [0.15, 0.2) is 48.5 Å². The summed E-state index contributed by atoms with van der Waals surface area (Å²) in [5, 5.41) is 1.84. The molecule has 3 aromatic rings. The third-order valence-corrected chi connectivity index (χ3v) is 4.09. The van der Waals surface area contributed by atoms with Crippen LogP contribution in [0.2, 0.25) is 5.02 Å². The van der Waals surface area contributed by atoms with E-state index >= 15 is 0 Å². The SMILES string of the molecule is Nc1ccc2sc(COc3cccc(Cl)c3)cc2c1. The first-order valence-corrected chi connectivity index (χ1v) is 7.06. The van der Waals surface area contributed by atoms with Gasteiger partial charge in [0.2, 0.25) is 0 Å². The van der Waals surface area contributed by atoms with Crippen LogP contribution >= 0.6 is 22.9 Å². The van der Waals surface area contributed by atoms with Crippen LogP contribution in [0.3, 0.4) is 0 Å². The average molecular weight is 290 g/mol. The van der Waals surface area contributed by atoms with E-state index in [1.807, 2.05) is 42.5 Å². The molecule has 96 valence electrons. The van der Waals surface area contributed by atoms with Gasteiger partial charge in [-0.25, -0.2) is 0 Å². The minimum Gasteiger partial charge on any atom is -0.488 e. The van der Waals surface area contributed by atoms with Crippen LogP contribution < -0.4 is 10.5 Å². The Morgan fingerprint density at radius 3 is 2.84 bits per heavy atom. The topological polar surface area (TPSA) is 35.2 Å². The minimum atomic E-state index is 0.541. The van der Waals surface area contributed by atoms with Gasteiger partial charge in [0.25, 0.3) is 0 Å². The zero-order valence-electron chi connectivity index (χ0n) is 10.1. The maximum atomic E-state index is 5.92. The second kappa shape index (κ2) is 5.11. The highest BCUT2D eigenvalue weighted by Gasteiger charge is 2.03. The Kier molecular flexibility index (Phi) is 3.32. The number of fused-ring (bicyclic) bond motifs is 1. The van der Waals surface area contributed by atoms with Crippen molar-refractivity contribution >= 4 is 38.7 Å². The van der Waals surface area contributed by atoms with Crippen molar-refractivity contribution in [2.75, 3.05) is 5.73 Å². The van der Waals surface area contributed by atoms with Crippen molar-refractivity contribution in [1.29, 1.82) is 0 Å². The molecule has 0 saturated heterocycles. The van der Waals surface area contributed by atoms with Crippen molar-refractivity contribution in [2.24, 2.45) is 0 Å². The molecule has 0 aliphatic rings. The summed E-state index contributed by atoms with van der Waals surface area (Å²) in [5.41, 5.74) is 6.56. The van der Waals surface area contributed by atoms with Crippen LogP contribution in [-0.4, -0.2) is 0 Å². The lowest BCUT2D eigenvalue weighted by atomic mass is 10.2. The van der Waals surface area contributed by atoms with Crippen LogP contribution in [0.4, 0.5) is 5.69 Å². The molecule has 0 amide bonds. The number of nitrogens with two attached hydrogens (primary N) is 1. The number of ether oxygens (including phenoxy) is 1. The lowest BCUT2D eigenvalue weighted by Crippen LogP contribution is -1.92. The van der Waals surface area contributed by atoms with Gasteiger partial charge in [0.1, 0.15) is 12.4 Å². The standard InChI is InChI=1S/C15H12ClNOS/c16-11-2-1-3-13(8-11)18-9-14-7-10-6-12(17)4-5-15(10)19-14/h1-8H,9,17H2. The van der Waals surface area contributed by atoms with E-state index in [-0.39, 0.29) is 0 Å². The molecule has 1 aromatic heterocycles. The highest BCUT2D eigenvalue weighted by molar-refractivity contribution is 7.19. The summed E-state index contributed by atoms with van der Waals surface area (Å²) in [7, 11) is 0. The first-order valence-electron chi connectivity index (χ1n) is 5.87. The van der Waals surface area contributed by atoms with E-state index in [0.717, 1.165) is 16.8 Å². The molecule has 0 saturated carbocycles. The molecule has 2 aromatic carbocycles. The fourth-order valence-electron chi connectivity index (χ4n) is 1.90. The summed E-state index contributed by atoms with van der Waals surface area (Å²) in [5.74, 6) is 0.782. The van der Waals surface area contributed by atoms with Gasteiger partial charge in [-0.3, -0.25) is 0 Å². The van der Waals surface area contributed by atoms with Gasteiger partial charge >= 0.3 is 0 Å². The summed E-state index contributed by atoms with van der Waals surface area (Å²) in [6, 6.07) is 15.5. The smallest absolute Gasteiger partial charge is 0.122 e. The number of nitrogen functional groups attached to an aromatic ring is 1. The van der Waals surface area contributed by atoms with Gasteiger partial charge in [-0.1, -0.05) is 17.7 Å². The molecule has 0 bridgehead atoms. The molecule has 0 atom stereocenters. The van der Waals surface area contributed by atoms with Gasteiger partial charge in [-0.15, -0.1) is 11.3 Å². The first-order chi connectivity index (χ1) is 9.20.